The van der Waals surface area contributed by atoms with Crippen LogP contribution in [0.1, 0.15) is 26.2 Å². The Morgan fingerprint density at radius 3 is 2.90 bits per heavy atom. The molecule has 118 valence electrons. The smallest absolute Gasteiger partial charge is 0.121 e. The van der Waals surface area contributed by atoms with Crippen LogP contribution in [0.5, 0.6) is 5.75 Å². The van der Waals surface area contributed by atoms with E-state index in [1.165, 1.54) is 19.3 Å². The minimum Gasteiger partial charge on any atom is -0.491 e. The lowest BCUT2D eigenvalue weighted by molar-refractivity contribution is -0.0481. The first-order valence-electron chi connectivity index (χ1n) is 7.61. The van der Waals surface area contributed by atoms with E-state index in [9.17, 15) is 0 Å². The molecular formula is C16H23Cl2NO2. The average molecular weight is 332 g/mol. The van der Waals surface area contributed by atoms with Crippen molar-refractivity contribution in [2.75, 3.05) is 32.8 Å². The number of unbranched alkanes of at least 4 members (excludes halogenated alkanes) is 2. The largest absolute Gasteiger partial charge is 0.491 e. The maximum Gasteiger partial charge on any atom is 0.121 e. The predicted molar refractivity (Wildman–Crippen MR) is 87.7 cm³/mol. The van der Waals surface area contributed by atoms with Crippen LogP contribution in [-0.2, 0) is 4.74 Å². The van der Waals surface area contributed by atoms with Crippen LogP contribution in [0.4, 0.5) is 0 Å². The third kappa shape index (κ3) is 5.67. The number of hydrogen-bond acceptors (Lipinski definition) is 3. The summed E-state index contributed by atoms with van der Waals surface area (Å²) >= 11 is 11.9. The van der Waals surface area contributed by atoms with Gasteiger partial charge in [0.25, 0.3) is 0 Å². The standard InChI is InChI=1S/C16H23Cl2NO2/c1-2-3-4-7-19-8-9-20-14(11-19)12-21-13-5-6-15(17)16(18)10-13/h5-6,10,14H,2-4,7-9,11-12H2,1H3. The third-order valence-electron chi connectivity index (χ3n) is 3.63. The molecule has 0 aliphatic carbocycles. The maximum absolute atomic E-state index is 5.98. The molecule has 21 heavy (non-hydrogen) atoms. The van der Waals surface area contributed by atoms with Crippen LogP contribution >= 0.6 is 23.2 Å². The molecule has 1 unspecified atom stereocenters. The normalized spacial score (nSPS) is 19.7. The van der Waals surface area contributed by atoms with Gasteiger partial charge in [0.1, 0.15) is 18.5 Å². The van der Waals surface area contributed by atoms with Crippen LogP contribution in [0.15, 0.2) is 18.2 Å². The third-order valence-corrected chi connectivity index (χ3v) is 4.37. The van der Waals surface area contributed by atoms with E-state index in [-0.39, 0.29) is 6.10 Å². The summed E-state index contributed by atoms with van der Waals surface area (Å²) < 4.78 is 11.5. The molecule has 2 rings (SSSR count). The Kier molecular flexibility index (Phi) is 7.11. The lowest BCUT2D eigenvalue weighted by Gasteiger charge is -2.32. The SMILES string of the molecule is CCCCCN1CCOC(COc2ccc(Cl)c(Cl)c2)C1. The van der Waals surface area contributed by atoms with E-state index < -0.39 is 0 Å². The number of rotatable bonds is 7. The van der Waals surface area contributed by atoms with Gasteiger partial charge in [-0.2, -0.15) is 0 Å². The fourth-order valence-electron chi connectivity index (χ4n) is 2.43. The van der Waals surface area contributed by atoms with Gasteiger partial charge in [0.2, 0.25) is 0 Å². The Morgan fingerprint density at radius 1 is 1.29 bits per heavy atom. The van der Waals surface area contributed by atoms with Gasteiger partial charge in [0.15, 0.2) is 0 Å². The summed E-state index contributed by atoms with van der Waals surface area (Å²) in [7, 11) is 0. The zero-order valence-electron chi connectivity index (χ0n) is 12.5. The highest BCUT2D eigenvalue weighted by Crippen LogP contribution is 2.26. The second-order valence-corrected chi connectivity index (χ2v) is 6.20. The van der Waals surface area contributed by atoms with Gasteiger partial charge in [-0.3, -0.25) is 4.90 Å². The summed E-state index contributed by atoms with van der Waals surface area (Å²) in [4.78, 5) is 2.46. The zero-order valence-corrected chi connectivity index (χ0v) is 14.0. The quantitative estimate of drug-likeness (QED) is 0.696. The Balaban J connectivity index is 1.75. The Hall–Kier alpha value is -0.480. The molecule has 0 aromatic heterocycles. The monoisotopic (exact) mass is 331 g/mol. The Labute approximate surface area is 137 Å². The second-order valence-electron chi connectivity index (χ2n) is 5.39. The highest BCUT2D eigenvalue weighted by atomic mass is 35.5. The van der Waals surface area contributed by atoms with Gasteiger partial charge in [-0.15, -0.1) is 0 Å². The molecule has 1 saturated heterocycles. The molecule has 0 N–H and O–H groups in total. The van der Waals surface area contributed by atoms with Crippen LogP contribution in [0, 0.1) is 0 Å². The van der Waals surface area contributed by atoms with Gasteiger partial charge in [-0.05, 0) is 25.1 Å². The average Bonchev–Trinajstić information content (AvgIpc) is 2.49. The summed E-state index contributed by atoms with van der Waals surface area (Å²) in [6.07, 6.45) is 3.93. The summed E-state index contributed by atoms with van der Waals surface area (Å²) in [6, 6.07) is 5.32. The van der Waals surface area contributed by atoms with E-state index in [4.69, 9.17) is 32.7 Å². The van der Waals surface area contributed by atoms with E-state index in [0.717, 1.165) is 32.0 Å². The first kappa shape index (κ1) is 16.9. The van der Waals surface area contributed by atoms with Crippen molar-refractivity contribution in [1.82, 2.24) is 4.90 Å². The molecule has 1 atom stereocenters. The minimum absolute atomic E-state index is 0.120. The lowest BCUT2D eigenvalue weighted by atomic mass is 10.2. The molecule has 0 spiro atoms. The van der Waals surface area contributed by atoms with Gasteiger partial charge in [0.05, 0.1) is 16.7 Å². The number of nitrogens with zero attached hydrogens (tertiary/aromatic N) is 1. The van der Waals surface area contributed by atoms with Crippen LogP contribution in [0.2, 0.25) is 10.0 Å². The molecule has 0 amide bonds. The molecule has 0 radical (unpaired) electrons. The maximum atomic E-state index is 5.98. The topological polar surface area (TPSA) is 21.7 Å². The molecule has 1 fully saturated rings. The highest BCUT2D eigenvalue weighted by molar-refractivity contribution is 6.42. The number of halogens is 2. The summed E-state index contributed by atoms with van der Waals surface area (Å²) in [5.74, 6) is 0.733. The van der Waals surface area contributed by atoms with Crippen molar-refractivity contribution in [2.45, 2.75) is 32.3 Å². The lowest BCUT2D eigenvalue weighted by Crippen LogP contribution is -2.45. The van der Waals surface area contributed by atoms with Gasteiger partial charge < -0.3 is 9.47 Å². The molecule has 3 nitrogen and oxygen atoms in total. The van der Waals surface area contributed by atoms with Crippen molar-refractivity contribution in [3.63, 3.8) is 0 Å². The second kappa shape index (κ2) is 8.84. The highest BCUT2D eigenvalue weighted by Gasteiger charge is 2.20. The van der Waals surface area contributed by atoms with E-state index in [1.807, 2.05) is 6.07 Å². The van der Waals surface area contributed by atoms with E-state index >= 15 is 0 Å². The number of benzene rings is 1. The van der Waals surface area contributed by atoms with E-state index in [2.05, 4.69) is 11.8 Å². The van der Waals surface area contributed by atoms with Crippen molar-refractivity contribution in [3.8, 4) is 5.75 Å². The van der Waals surface area contributed by atoms with Crippen molar-refractivity contribution < 1.29 is 9.47 Å². The molecule has 0 saturated carbocycles. The predicted octanol–water partition coefficient (Wildman–Crippen LogP) is 4.26. The van der Waals surface area contributed by atoms with Crippen molar-refractivity contribution >= 4 is 23.2 Å². The van der Waals surface area contributed by atoms with Gasteiger partial charge >= 0.3 is 0 Å². The van der Waals surface area contributed by atoms with Crippen molar-refractivity contribution in [2.24, 2.45) is 0 Å². The molecule has 1 aliphatic heterocycles. The van der Waals surface area contributed by atoms with Crippen LogP contribution < -0.4 is 4.74 Å². The number of ether oxygens (including phenoxy) is 2. The minimum atomic E-state index is 0.120. The molecule has 1 aliphatic rings. The molecule has 0 bridgehead atoms. The fourth-order valence-corrected chi connectivity index (χ4v) is 2.71. The summed E-state index contributed by atoms with van der Waals surface area (Å²) in [5.41, 5.74) is 0. The first-order chi connectivity index (χ1) is 10.2. The fraction of sp³-hybridized carbons (Fsp3) is 0.625. The van der Waals surface area contributed by atoms with Crippen molar-refractivity contribution in [3.05, 3.63) is 28.2 Å². The summed E-state index contributed by atoms with van der Waals surface area (Å²) in [6.45, 7) is 6.66. The van der Waals surface area contributed by atoms with E-state index in [0.29, 0.717) is 16.7 Å². The van der Waals surface area contributed by atoms with Crippen molar-refractivity contribution in [1.29, 1.82) is 0 Å². The van der Waals surface area contributed by atoms with Crippen LogP contribution in [0.25, 0.3) is 0 Å². The first-order valence-corrected chi connectivity index (χ1v) is 8.36. The Bertz CT molecular complexity index is 442. The summed E-state index contributed by atoms with van der Waals surface area (Å²) in [5, 5.41) is 1.06. The van der Waals surface area contributed by atoms with Crippen LogP contribution in [0.3, 0.4) is 0 Å². The zero-order chi connectivity index (χ0) is 15.1. The molecule has 1 heterocycles. The Morgan fingerprint density at radius 2 is 2.14 bits per heavy atom. The molecule has 1 aromatic carbocycles. The van der Waals surface area contributed by atoms with Gasteiger partial charge in [-0.25, -0.2) is 0 Å². The molecule has 1 aromatic rings. The number of hydrogen-bond donors (Lipinski definition) is 0. The molecule has 5 heteroatoms. The van der Waals surface area contributed by atoms with Crippen LogP contribution in [-0.4, -0.2) is 43.9 Å². The van der Waals surface area contributed by atoms with E-state index in [1.54, 1.807) is 12.1 Å². The van der Waals surface area contributed by atoms with Gasteiger partial charge in [-0.1, -0.05) is 43.0 Å². The van der Waals surface area contributed by atoms with Gasteiger partial charge in [0, 0.05) is 19.2 Å². The molecular weight excluding hydrogens is 309 g/mol. The number of morpholine rings is 1.